The number of aryl methyl sites for hydroxylation is 1. The molecule has 55 valence electrons. The van der Waals surface area contributed by atoms with E-state index in [0.717, 1.165) is 16.8 Å². The van der Waals surface area contributed by atoms with Gasteiger partial charge in [-0.2, -0.15) is 10.5 Å². The number of hydrogen-bond donors (Lipinski definition) is 1. The highest BCUT2D eigenvalue weighted by molar-refractivity contribution is 5.92. The van der Waals surface area contributed by atoms with Gasteiger partial charge in [-0.05, 0) is 24.6 Å². The molecule has 0 spiro atoms. The number of hydrogen-bond acceptors (Lipinski definition) is 2. The van der Waals surface area contributed by atoms with Gasteiger partial charge in [0.25, 0.3) is 0 Å². The van der Waals surface area contributed by atoms with Gasteiger partial charge in [-0.15, -0.1) is 0 Å². The molecule has 3 nitrogen and oxygen atoms in total. The lowest BCUT2D eigenvalue weighted by atomic mass is 10.1. The van der Waals surface area contributed by atoms with E-state index in [4.69, 9.17) is 0 Å². The van der Waals surface area contributed by atoms with Crippen molar-refractivity contribution >= 4 is 11.9 Å². The molecule has 1 heterocycles. The van der Waals surface area contributed by atoms with Gasteiger partial charge in [0.2, 0.25) is 0 Å². The minimum Gasteiger partial charge on any atom is -0.507 e. The number of nitrogens with zero attached hydrogens (tertiary/aromatic N) is 2. The molecular formula is C8H7N2O. The number of phenols is 1. The molecule has 1 aliphatic heterocycles. The lowest BCUT2D eigenvalue weighted by Crippen LogP contribution is -1.84. The van der Waals surface area contributed by atoms with E-state index in [1.54, 1.807) is 12.3 Å². The first-order valence-corrected chi connectivity index (χ1v) is 3.35. The van der Waals surface area contributed by atoms with Crippen LogP contribution in [0.5, 0.6) is 5.75 Å². The van der Waals surface area contributed by atoms with Gasteiger partial charge in [0.15, 0.2) is 0 Å². The monoisotopic (exact) mass is 147 g/mol. The summed E-state index contributed by atoms with van der Waals surface area (Å²) in [5.74, 6) is 0.255. The van der Waals surface area contributed by atoms with Crippen LogP contribution in [0.4, 0.5) is 5.69 Å². The van der Waals surface area contributed by atoms with Crippen LogP contribution in [-0.4, -0.2) is 11.3 Å². The van der Waals surface area contributed by atoms with Crippen LogP contribution in [0.1, 0.15) is 11.1 Å². The molecule has 1 radical (unpaired) electrons. The van der Waals surface area contributed by atoms with E-state index in [2.05, 4.69) is 10.5 Å². The molecule has 11 heavy (non-hydrogen) atoms. The Morgan fingerprint density at radius 2 is 2.18 bits per heavy atom. The maximum absolute atomic E-state index is 9.36. The van der Waals surface area contributed by atoms with E-state index in [1.807, 2.05) is 13.0 Å². The third kappa shape index (κ3) is 0.852. The SMILES string of the molecule is Cc1cc(O)c2c(c1)[N]N=C2. The Morgan fingerprint density at radius 1 is 1.36 bits per heavy atom. The molecule has 0 saturated heterocycles. The largest absolute Gasteiger partial charge is 0.507 e. The lowest BCUT2D eigenvalue weighted by Gasteiger charge is -1.99. The molecule has 0 unspecified atom stereocenters. The molecule has 0 aliphatic carbocycles. The lowest BCUT2D eigenvalue weighted by molar-refractivity contribution is 0.474. The van der Waals surface area contributed by atoms with Gasteiger partial charge in [-0.25, -0.2) is 0 Å². The number of phenolic OH excluding ortho intramolecular Hbond substituents is 1. The van der Waals surface area contributed by atoms with Crippen LogP contribution in [0, 0.1) is 6.92 Å². The molecule has 0 bridgehead atoms. The third-order valence-corrected chi connectivity index (χ3v) is 1.63. The first kappa shape index (κ1) is 6.22. The maximum Gasteiger partial charge on any atom is 0.126 e. The molecule has 1 N–H and O–H groups in total. The van der Waals surface area contributed by atoms with Crippen molar-refractivity contribution in [2.75, 3.05) is 0 Å². The van der Waals surface area contributed by atoms with E-state index in [0.29, 0.717) is 0 Å². The minimum atomic E-state index is 0.255. The second kappa shape index (κ2) is 1.99. The number of benzene rings is 1. The van der Waals surface area contributed by atoms with Crippen molar-refractivity contribution < 1.29 is 5.11 Å². The van der Waals surface area contributed by atoms with Crippen molar-refractivity contribution in [3.8, 4) is 5.75 Å². The van der Waals surface area contributed by atoms with Crippen LogP contribution in [0.2, 0.25) is 0 Å². The van der Waals surface area contributed by atoms with Crippen LogP contribution >= 0.6 is 0 Å². The topological polar surface area (TPSA) is 46.7 Å². The standard InChI is InChI=1S/C8H7N2O/c1-5-2-7-6(4-9-10-7)8(11)3-5/h2-4,11H,1H3. The van der Waals surface area contributed by atoms with Crippen LogP contribution in [0.25, 0.3) is 0 Å². The summed E-state index contributed by atoms with van der Waals surface area (Å²) in [5, 5.41) is 13.1. The number of fused-ring (bicyclic) bond motifs is 1. The predicted molar refractivity (Wildman–Crippen MR) is 42.2 cm³/mol. The van der Waals surface area contributed by atoms with E-state index >= 15 is 0 Å². The molecule has 0 amide bonds. The summed E-state index contributed by atoms with van der Waals surface area (Å²) in [4.78, 5) is 0. The summed E-state index contributed by atoms with van der Waals surface area (Å²) >= 11 is 0. The average molecular weight is 147 g/mol. The van der Waals surface area contributed by atoms with Gasteiger partial charge in [-0.3, -0.25) is 0 Å². The summed E-state index contributed by atoms with van der Waals surface area (Å²) in [6.45, 7) is 1.91. The summed E-state index contributed by atoms with van der Waals surface area (Å²) in [6.07, 6.45) is 1.56. The van der Waals surface area contributed by atoms with Gasteiger partial charge >= 0.3 is 0 Å². The van der Waals surface area contributed by atoms with Crippen molar-refractivity contribution in [1.29, 1.82) is 0 Å². The molecule has 2 rings (SSSR count). The van der Waals surface area contributed by atoms with Crippen molar-refractivity contribution in [2.24, 2.45) is 5.10 Å². The molecule has 1 aliphatic rings. The zero-order valence-electron chi connectivity index (χ0n) is 6.07. The Labute approximate surface area is 64.4 Å². The normalized spacial score (nSPS) is 12.8. The van der Waals surface area contributed by atoms with Crippen molar-refractivity contribution in [3.05, 3.63) is 23.3 Å². The first-order valence-electron chi connectivity index (χ1n) is 3.35. The van der Waals surface area contributed by atoms with Gasteiger partial charge < -0.3 is 5.11 Å². The summed E-state index contributed by atoms with van der Waals surface area (Å²) in [5.41, 5.74) is 6.30. The first-order chi connectivity index (χ1) is 5.27. The molecule has 0 atom stereocenters. The zero-order valence-corrected chi connectivity index (χ0v) is 6.07. The molecule has 3 heteroatoms. The molecular weight excluding hydrogens is 140 g/mol. The van der Waals surface area contributed by atoms with E-state index in [1.165, 1.54) is 0 Å². The van der Waals surface area contributed by atoms with Gasteiger partial charge in [-0.1, -0.05) is 0 Å². The second-order valence-electron chi connectivity index (χ2n) is 2.56. The smallest absolute Gasteiger partial charge is 0.126 e. The third-order valence-electron chi connectivity index (χ3n) is 1.63. The second-order valence-corrected chi connectivity index (χ2v) is 2.56. The van der Waals surface area contributed by atoms with Gasteiger partial charge in [0, 0.05) is 0 Å². The van der Waals surface area contributed by atoms with Crippen molar-refractivity contribution in [3.63, 3.8) is 0 Å². The van der Waals surface area contributed by atoms with Crippen LogP contribution in [0.3, 0.4) is 0 Å². The van der Waals surface area contributed by atoms with E-state index < -0.39 is 0 Å². The van der Waals surface area contributed by atoms with Crippen LogP contribution in [-0.2, 0) is 0 Å². The molecule has 0 aromatic heterocycles. The number of rotatable bonds is 0. The molecule has 1 aromatic rings. The Balaban J connectivity index is 2.67. The zero-order chi connectivity index (χ0) is 7.84. The highest BCUT2D eigenvalue weighted by Gasteiger charge is 2.12. The number of aromatic hydroxyl groups is 1. The van der Waals surface area contributed by atoms with Crippen molar-refractivity contribution in [2.45, 2.75) is 6.92 Å². The fourth-order valence-corrected chi connectivity index (χ4v) is 1.12. The fraction of sp³-hybridized carbons (Fsp3) is 0.125. The summed E-state index contributed by atoms with van der Waals surface area (Å²) < 4.78 is 0. The Morgan fingerprint density at radius 3 is 3.00 bits per heavy atom. The minimum absolute atomic E-state index is 0.255. The summed E-state index contributed by atoms with van der Waals surface area (Å²) in [6, 6.07) is 3.59. The van der Waals surface area contributed by atoms with Gasteiger partial charge in [0.05, 0.1) is 17.5 Å². The van der Waals surface area contributed by atoms with Gasteiger partial charge in [0.1, 0.15) is 5.75 Å². The predicted octanol–water partition coefficient (Wildman–Crippen LogP) is 1.28. The van der Waals surface area contributed by atoms with Crippen LogP contribution < -0.4 is 5.43 Å². The van der Waals surface area contributed by atoms with E-state index in [-0.39, 0.29) is 5.75 Å². The Hall–Kier alpha value is -1.51. The Bertz CT molecular complexity index is 331. The van der Waals surface area contributed by atoms with E-state index in [9.17, 15) is 5.11 Å². The average Bonchev–Trinajstić information content (AvgIpc) is 2.34. The highest BCUT2D eigenvalue weighted by atomic mass is 16.3. The maximum atomic E-state index is 9.36. The quantitative estimate of drug-likeness (QED) is 0.590. The van der Waals surface area contributed by atoms with Crippen LogP contribution in [0.15, 0.2) is 17.2 Å². The van der Waals surface area contributed by atoms with Crippen molar-refractivity contribution in [1.82, 2.24) is 5.43 Å². The molecule has 0 fully saturated rings. The molecule has 1 aromatic carbocycles. The summed E-state index contributed by atoms with van der Waals surface area (Å²) in [7, 11) is 0. The molecule has 0 saturated carbocycles. The Kier molecular flexibility index (Phi) is 1.12. The highest BCUT2D eigenvalue weighted by Crippen LogP contribution is 2.28. The fourth-order valence-electron chi connectivity index (χ4n) is 1.12.